The van der Waals surface area contributed by atoms with Crippen molar-refractivity contribution in [2.75, 3.05) is 27.2 Å². The van der Waals surface area contributed by atoms with Gasteiger partial charge in [0.05, 0.1) is 6.61 Å². The Kier molecular flexibility index (Phi) is 9.06. The number of hydrogen-bond acceptors (Lipinski definition) is 3. The van der Waals surface area contributed by atoms with Crippen LogP contribution in [0.5, 0.6) is 0 Å². The largest absolute Gasteiger partial charge is 0.307 e. The molecule has 3 nitrogen and oxygen atoms in total. The van der Waals surface area contributed by atoms with E-state index in [0.717, 1.165) is 13.2 Å². The molecular weight excluding hydrogens is 188 g/mol. The summed E-state index contributed by atoms with van der Waals surface area (Å²) in [6.07, 6.45) is 3.73. The third-order valence-electron chi connectivity index (χ3n) is 2.55. The maximum absolute atomic E-state index is 5.47. The fraction of sp³-hybridized carbons (Fsp3) is 1.00. The first-order valence-electron chi connectivity index (χ1n) is 6.10. The molecule has 0 spiro atoms. The van der Waals surface area contributed by atoms with Gasteiger partial charge in [0.25, 0.3) is 0 Å². The van der Waals surface area contributed by atoms with Crippen molar-refractivity contribution < 1.29 is 4.84 Å². The van der Waals surface area contributed by atoms with Crippen molar-refractivity contribution in [2.24, 2.45) is 5.92 Å². The lowest BCUT2D eigenvalue weighted by atomic mass is 10.00. The van der Waals surface area contributed by atoms with Crippen molar-refractivity contribution in [3.8, 4) is 0 Å². The van der Waals surface area contributed by atoms with E-state index in [1.54, 1.807) is 0 Å². The minimum absolute atomic E-state index is 0.493. The van der Waals surface area contributed by atoms with Gasteiger partial charge in [-0.1, -0.05) is 33.6 Å². The van der Waals surface area contributed by atoms with Crippen molar-refractivity contribution in [1.82, 2.24) is 10.4 Å². The minimum Gasteiger partial charge on any atom is -0.307 e. The second kappa shape index (κ2) is 9.13. The molecule has 0 fully saturated rings. The van der Waals surface area contributed by atoms with E-state index in [1.807, 2.05) is 0 Å². The summed E-state index contributed by atoms with van der Waals surface area (Å²) >= 11 is 0. The molecule has 0 heterocycles. The summed E-state index contributed by atoms with van der Waals surface area (Å²) in [4.78, 5) is 7.60. The number of unbranched alkanes of at least 4 members (excludes halogenated alkanes) is 1. The quantitative estimate of drug-likeness (QED) is 0.473. The van der Waals surface area contributed by atoms with Gasteiger partial charge < -0.3 is 9.74 Å². The fourth-order valence-electron chi connectivity index (χ4n) is 1.35. The van der Waals surface area contributed by atoms with Gasteiger partial charge >= 0.3 is 0 Å². The summed E-state index contributed by atoms with van der Waals surface area (Å²) in [5.74, 6) is 0.635. The van der Waals surface area contributed by atoms with Crippen LogP contribution in [0.3, 0.4) is 0 Å². The summed E-state index contributed by atoms with van der Waals surface area (Å²) in [6, 6.07) is 0.493. The Hall–Kier alpha value is -0.120. The lowest BCUT2D eigenvalue weighted by molar-refractivity contribution is -0.00380. The van der Waals surface area contributed by atoms with E-state index in [-0.39, 0.29) is 0 Å². The van der Waals surface area contributed by atoms with Crippen molar-refractivity contribution in [3.05, 3.63) is 0 Å². The van der Waals surface area contributed by atoms with Crippen molar-refractivity contribution in [3.63, 3.8) is 0 Å². The highest BCUT2D eigenvalue weighted by Gasteiger charge is 2.12. The third kappa shape index (κ3) is 8.85. The molecule has 3 heteroatoms. The van der Waals surface area contributed by atoms with Crippen LogP contribution in [0.2, 0.25) is 0 Å². The molecule has 0 aromatic carbocycles. The molecule has 0 aliphatic rings. The van der Waals surface area contributed by atoms with E-state index >= 15 is 0 Å². The first kappa shape index (κ1) is 14.9. The smallest absolute Gasteiger partial charge is 0.0809 e. The molecule has 92 valence electrons. The highest BCUT2D eigenvalue weighted by molar-refractivity contribution is 4.66. The van der Waals surface area contributed by atoms with Gasteiger partial charge in [-0.15, -0.1) is 0 Å². The van der Waals surface area contributed by atoms with Crippen LogP contribution in [0.1, 0.15) is 40.0 Å². The fourth-order valence-corrected chi connectivity index (χ4v) is 1.35. The number of hydroxylamine groups is 1. The van der Waals surface area contributed by atoms with Crippen LogP contribution >= 0.6 is 0 Å². The molecule has 0 amide bonds. The molecule has 0 aromatic rings. The van der Waals surface area contributed by atoms with Gasteiger partial charge in [0.15, 0.2) is 0 Å². The van der Waals surface area contributed by atoms with Gasteiger partial charge in [0.1, 0.15) is 0 Å². The first-order chi connectivity index (χ1) is 7.07. The van der Waals surface area contributed by atoms with Crippen molar-refractivity contribution in [2.45, 2.75) is 46.1 Å². The molecular formula is C12H28N2O. The van der Waals surface area contributed by atoms with Crippen molar-refractivity contribution >= 4 is 0 Å². The van der Waals surface area contributed by atoms with Crippen LogP contribution in [0, 0.1) is 5.92 Å². The molecule has 0 radical (unpaired) electrons. The number of likely N-dealkylation sites (N-methyl/N-ethyl adjacent to an activating group) is 1. The van der Waals surface area contributed by atoms with Crippen LogP contribution in [0.4, 0.5) is 0 Å². The van der Waals surface area contributed by atoms with E-state index in [2.05, 4.69) is 45.2 Å². The third-order valence-corrected chi connectivity index (χ3v) is 2.55. The summed E-state index contributed by atoms with van der Waals surface area (Å²) in [6.45, 7) is 8.42. The number of hydrogen-bond donors (Lipinski definition) is 1. The lowest BCUT2D eigenvalue weighted by Gasteiger charge is -2.22. The predicted octanol–water partition coefficient (Wildman–Crippen LogP) is 2.28. The van der Waals surface area contributed by atoms with Gasteiger partial charge in [-0.05, 0) is 26.4 Å². The zero-order chi connectivity index (χ0) is 11.7. The van der Waals surface area contributed by atoms with Crippen molar-refractivity contribution in [1.29, 1.82) is 0 Å². The van der Waals surface area contributed by atoms with Gasteiger partial charge in [0.2, 0.25) is 0 Å². The molecule has 0 bridgehead atoms. The second-order valence-corrected chi connectivity index (χ2v) is 4.76. The Labute approximate surface area is 95.1 Å². The highest BCUT2D eigenvalue weighted by atomic mass is 16.6. The van der Waals surface area contributed by atoms with Gasteiger partial charge in [-0.2, -0.15) is 5.48 Å². The first-order valence-corrected chi connectivity index (χ1v) is 6.10. The molecule has 1 atom stereocenters. The summed E-state index contributed by atoms with van der Waals surface area (Å²) in [7, 11) is 4.11. The maximum atomic E-state index is 5.47. The van der Waals surface area contributed by atoms with Gasteiger partial charge in [0, 0.05) is 12.6 Å². The molecule has 0 aliphatic heterocycles. The minimum atomic E-state index is 0.493. The normalized spacial score (nSPS) is 13.8. The monoisotopic (exact) mass is 216 g/mol. The Morgan fingerprint density at radius 2 is 1.93 bits per heavy atom. The number of nitrogens with one attached hydrogen (secondary N) is 1. The number of nitrogens with zero attached hydrogens (tertiary/aromatic N) is 1. The van der Waals surface area contributed by atoms with E-state index in [0.29, 0.717) is 12.0 Å². The molecule has 0 saturated carbocycles. The average molecular weight is 216 g/mol. The van der Waals surface area contributed by atoms with Crippen LogP contribution in [0.25, 0.3) is 0 Å². The zero-order valence-electron chi connectivity index (χ0n) is 11.0. The van der Waals surface area contributed by atoms with Crippen LogP contribution in [0.15, 0.2) is 0 Å². The molecule has 1 unspecified atom stereocenters. The van der Waals surface area contributed by atoms with E-state index in [4.69, 9.17) is 4.84 Å². The molecule has 0 saturated heterocycles. The maximum Gasteiger partial charge on any atom is 0.0809 e. The Bertz CT molecular complexity index is 138. The SMILES string of the molecule is CCCCC(NOCCN(C)C)C(C)C. The Morgan fingerprint density at radius 3 is 2.40 bits per heavy atom. The molecule has 0 aliphatic carbocycles. The summed E-state index contributed by atoms with van der Waals surface area (Å²) in [5, 5.41) is 0. The van der Waals surface area contributed by atoms with Crippen LogP contribution in [-0.4, -0.2) is 38.2 Å². The van der Waals surface area contributed by atoms with Gasteiger partial charge in [-0.25, -0.2) is 0 Å². The van der Waals surface area contributed by atoms with Crippen LogP contribution < -0.4 is 5.48 Å². The Balaban J connectivity index is 3.57. The molecule has 15 heavy (non-hydrogen) atoms. The summed E-state index contributed by atoms with van der Waals surface area (Å²) in [5.41, 5.74) is 3.18. The predicted molar refractivity (Wildman–Crippen MR) is 65.8 cm³/mol. The standard InChI is InChI=1S/C12H28N2O/c1-6-7-8-12(11(2)3)13-15-10-9-14(4)5/h11-13H,6-10H2,1-5H3. The molecule has 1 N–H and O–H groups in total. The topological polar surface area (TPSA) is 24.5 Å². The molecule has 0 rings (SSSR count). The highest BCUT2D eigenvalue weighted by Crippen LogP contribution is 2.09. The summed E-state index contributed by atoms with van der Waals surface area (Å²) < 4.78 is 0. The number of rotatable bonds is 9. The Morgan fingerprint density at radius 1 is 1.27 bits per heavy atom. The lowest BCUT2D eigenvalue weighted by Crippen LogP contribution is -2.35. The van der Waals surface area contributed by atoms with E-state index in [1.165, 1.54) is 19.3 Å². The van der Waals surface area contributed by atoms with Gasteiger partial charge in [-0.3, -0.25) is 0 Å². The van der Waals surface area contributed by atoms with E-state index < -0.39 is 0 Å². The van der Waals surface area contributed by atoms with Crippen LogP contribution in [-0.2, 0) is 4.84 Å². The molecule has 0 aromatic heterocycles. The van der Waals surface area contributed by atoms with E-state index in [9.17, 15) is 0 Å². The second-order valence-electron chi connectivity index (χ2n) is 4.76. The zero-order valence-corrected chi connectivity index (χ0v) is 11.0. The average Bonchev–Trinajstić information content (AvgIpc) is 2.15.